The third-order valence-corrected chi connectivity index (χ3v) is 6.31. The highest BCUT2D eigenvalue weighted by molar-refractivity contribution is 6.35. The molecule has 0 saturated heterocycles. The Labute approximate surface area is 191 Å². The van der Waals surface area contributed by atoms with E-state index in [2.05, 4.69) is 17.6 Å². The Morgan fingerprint density at radius 1 is 1.12 bits per heavy atom. The molecule has 1 aliphatic heterocycles. The summed E-state index contributed by atoms with van der Waals surface area (Å²) in [6.07, 6.45) is 7.69. The largest absolute Gasteiger partial charge is 0.461 e. The molecule has 33 heavy (non-hydrogen) atoms. The number of carbonyl (C=O) groups excluding carboxylic acids is 3. The Kier molecular flexibility index (Phi) is 5.42. The maximum atomic E-state index is 12.8. The van der Waals surface area contributed by atoms with Gasteiger partial charge in [0.25, 0.3) is 11.8 Å². The van der Waals surface area contributed by atoms with Crippen LogP contribution in [0.25, 0.3) is 11.6 Å². The van der Waals surface area contributed by atoms with Crippen LogP contribution < -0.4 is 10.6 Å². The summed E-state index contributed by atoms with van der Waals surface area (Å²) in [6.45, 7) is 2.11. The van der Waals surface area contributed by atoms with Gasteiger partial charge < -0.3 is 15.1 Å². The number of nitrogens with one attached hydrogen (secondary N) is 2. The molecule has 0 radical (unpaired) electrons. The molecule has 2 amide bonds. The van der Waals surface area contributed by atoms with E-state index >= 15 is 0 Å². The first kappa shape index (κ1) is 20.9. The molecule has 166 valence electrons. The fourth-order valence-corrected chi connectivity index (χ4v) is 4.61. The zero-order chi connectivity index (χ0) is 22.9. The minimum absolute atomic E-state index is 0.186. The molecule has 0 unspecified atom stereocenters. The van der Waals surface area contributed by atoms with Gasteiger partial charge in [-0.2, -0.15) is 0 Å². The highest BCUT2D eigenvalue weighted by Crippen LogP contribution is 2.38. The second kappa shape index (κ2) is 8.54. The van der Waals surface area contributed by atoms with Crippen molar-refractivity contribution in [2.75, 3.05) is 10.6 Å². The summed E-state index contributed by atoms with van der Waals surface area (Å²) in [5.74, 6) is 1.33. The van der Waals surface area contributed by atoms with Gasteiger partial charge in [0.2, 0.25) is 0 Å². The van der Waals surface area contributed by atoms with Gasteiger partial charge in [-0.1, -0.05) is 19.1 Å². The summed E-state index contributed by atoms with van der Waals surface area (Å²) in [6, 6.07) is 11.7. The number of anilines is 2. The first-order chi connectivity index (χ1) is 16.1. The number of aryl methyl sites for hydroxylation is 1. The van der Waals surface area contributed by atoms with Crippen molar-refractivity contribution in [3.63, 3.8) is 0 Å². The summed E-state index contributed by atoms with van der Waals surface area (Å²) in [5.41, 5.74) is 5.97. The number of amides is 2. The first-order valence-electron chi connectivity index (χ1n) is 11.2. The predicted octanol–water partition coefficient (Wildman–Crippen LogP) is 5.28. The van der Waals surface area contributed by atoms with Crippen LogP contribution in [-0.2, 0) is 24.1 Å². The molecule has 0 bridgehead atoms. The van der Waals surface area contributed by atoms with E-state index in [1.165, 1.54) is 17.5 Å². The smallest absolute Gasteiger partial charge is 0.256 e. The predicted molar refractivity (Wildman–Crippen MR) is 127 cm³/mol. The van der Waals surface area contributed by atoms with Gasteiger partial charge in [0.05, 0.1) is 5.57 Å². The van der Waals surface area contributed by atoms with Crippen LogP contribution in [-0.4, -0.2) is 18.1 Å². The van der Waals surface area contributed by atoms with Crippen LogP contribution in [0.1, 0.15) is 68.7 Å². The highest BCUT2D eigenvalue weighted by atomic mass is 16.3. The molecule has 5 rings (SSSR count). The third-order valence-electron chi connectivity index (χ3n) is 6.31. The average Bonchev–Trinajstić information content (AvgIpc) is 3.35. The minimum atomic E-state index is -0.290. The molecule has 6 heteroatoms. The quantitative estimate of drug-likeness (QED) is 0.417. The van der Waals surface area contributed by atoms with E-state index in [-0.39, 0.29) is 11.8 Å². The van der Waals surface area contributed by atoms with Gasteiger partial charge in [-0.25, -0.2) is 0 Å². The van der Waals surface area contributed by atoms with Gasteiger partial charge in [-0.3, -0.25) is 14.4 Å². The number of aldehydes is 1. The summed E-state index contributed by atoms with van der Waals surface area (Å²) < 4.78 is 6.17. The molecule has 0 atom stereocenters. The summed E-state index contributed by atoms with van der Waals surface area (Å²) in [4.78, 5) is 36.2. The molecule has 1 aromatic heterocycles. The van der Waals surface area contributed by atoms with Crippen LogP contribution in [0.5, 0.6) is 0 Å². The standard InChI is InChI=1S/C27H24N2O4/c1-2-19-20-5-3-4-6-24(20)33-25(19)14-22-21-13-18(11-12-23(21)29-27(22)32)28-26(31)17-9-7-16(15-30)8-10-17/h7-15H,2-6H2,1H3,(H,28,31)(H,29,32). The normalized spacial score (nSPS) is 15.7. The zero-order valence-electron chi connectivity index (χ0n) is 18.4. The molecule has 2 heterocycles. The summed E-state index contributed by atoms with van der Waals surface area (Å²) in [7, 11) is 0. The van der Waals surface area contributed by atoms with Crippen LogP contribution in [0.2, 0.25) is 0 Å². The lowest BCUT2D eigenvalue weighted by molar-refractivity contribution is -0.110. The second-order valence-corrected chi connectivity index (χ2v) is 8.37. The Morgan fingerprint density at radius 2 is 1.91 bits per heavy atom. The first-order valence-corrected chi connectivity index (χ1v) is 11.2. The lowest BCUT2D eigenvalue weighted by atomic mass is 9.93. The number of hydrogen-bond acceptors (Lipinski definition) is 4. The Morgan fingerprint density at radius 3 is 2.67 bits per heavy atom. The van der Waals surface area contributed by atoms with E-state index in [4.69, 9.17) is 4.42 Å². The van der Waals surface area contributed by atoms with E-state index < -0.39 is 0 Å². The SMILES string of the molecule is CCc1c(C=C2C(=O)Nc3ccc(NC(=O)c4ccc(C=O)cc4)cc32)oc2c1CCCC2. The van der Waals surface area contributed by atoms with Crippen molar-refractivity contribution in [1.82, 2.24) is 0 Å². The average molecular weight is 440 g/mol. The molecular weight excluding hydrogens is 416 g/mol. The van der Waals surface area contributed by atoms with Crippen LogP contribution in [0.15, 0.2) is 46.9 Å². The summed E-state index contributed by atoms with van der Waals surface area (Å²) in [5, 5.41) is 5.77. The Balaban J connectivity index is 1.46. The number of rotatable bonds is 5. The summed E-state index contributed by atoms with van der Waals surface area (Å²) >= 11 is 0. The van der Waals surface area contributed by atoms with Crippen molar-refractivity contribution in [1.29, 1.82) is 0 Å². The number of carbonyl (C=O) groups is 3. The van der Waals surface area contributed by atoms with Crippen molar-refractivity contribution in [2.24, 2.45) is 0 Å². The van der Waals surface area contributed by atoms with Crippen LogP contribution in [0.4, 0.5) is 11.4 Å². The monoisotopic (exact) mass is 440 g/mol. The van der Waals surface area contributed by atoms with Gasteiger partial charge >= 0.3 is 0 Å². The molecule has 0 spiro atoms. The minimum Gasteiger partial charge on any atom is -0.461 e. The lowest BCUT2D eigenvalue weighted by Gasteiger charge is -2.09. The van der Waals surface area contributed by atoms with Gasteiger partial charge in [0.1, 0.15) is 17.8 Å². The van der Waals surface area contributed by atoms with Crippen molar-refractivity contribution < 1.29 is 18.8 Å². The Bertz CT molecular complexity index is 1300. The Hall–Kier alpha value is -3.93. The van der Waals surface area contributed by atoms with Crippen LogP contribution >= 0.6 is 0 Å². The van der Waals surface area contributed by atoms with E-state index in [1.807, 2.05) is 6.08 Å². The molecule has 3 aromatic rings. The van der Waals surface area contributed by atoms with E-state index in [0.29, 0.717) is 28.1 Å². The van der Waals surface area contributed by atoms with E-state index in [0.717, 1.165) is 49.1 Å². The molecule has 2 aromatic carbocycles. The second-order valence-electron chi connectivity index (χ2n) is 8.37. The molecule has 2 N–H and O–H groups in total. The van der Waals surface area contributed by atoms with Crippen LogP contribution in [0, 0.1) is 0 Å². The van der Waals surface area contributed by atoms with Gasteiger partial charge in [0, 0.05) is 40.0 Å². The molecule has 6 nitrogen and oxygen atoms in total. The molecule has 1 aliphatic carbocycles. The van der Waals surface area contributed by atoms with Crippen molar-refractivity contribution >= 4 is 41.1 Å². The van der Waals surface area contributed by atoms with Gasteiger partial charge in [-0.15, -0.1) is 0 Å². The maximum absolute atomic E-state index is 12.8. The zero-order valence-corrected chi connectivity index (χ0v) is 18.4. The van der Waals surface area contributed by atoms with E-state index in [1.54, 1.807) is 42.5 Å². The molecule has 0 saturated carbocycles. The third kappa shape index (κ3) is 3.89. The number of fused-ring (bicyclic) bond motifs is 2. The van der Waals surface area contributed by atoms with Crippen LogP contribution in [0.3, 0.4) is 0 Å². The highest BCUT2D eigenvalue weighted by Gasteiger charge is 2.27. The number of benzene rings is 2. The fraction of sp³-hybridized carbons (Fsp3) is 0.222. The molecular formula is C27H24N2O4. The van der Waals surface area contributed by atoms with Crippen molar-refractivity contribution in [2.45, 2.75) is 39.0 Å². The maximum Gasteiger partial charge on any atom is 0.256 e. The molecule has 2 aliphatic rings. The van der Waals surface area contributed by atoms with Gasteiger partial charge in [-0.05, 0) is 67.7 Å². The molecule has 0 fully saturated rings. The number of furan rings is 1. The topological polar surface area (TPSA) is 88.4 Å². The van der Waals surface area contributed by atoms with Crippen molar-refractivity contribution in [3.8, 4) is 0 Å². The lowest BCUT2D eigenvalue weighted by Crippen LogP contribution is -2.11. The van der Waals surface area contributed by atoms with Gasteiger partial charge in [0.15, 0.2) is 0 Å². The number of hydrogen-bond donors (Lipinski definition) is 2. The van der Waals surface area contributed by atoms with E-state index in [9.17, 15) is 14.4 Å². The van der Waals surface area contributed by atoms with Crippen molar-refractivity contribution in [3.05, 3.63) is 81.8 Å². The fourth-order valence-electron chi connectivity index (χ4n) is 4.61.